The molecule has 1 aromatic heterocycles. The molecule has 17 heavy (non-hydrogen) atoms. The first-order valence-electron chi connectivity index (χ1n) is 6.43. The number of H-pyrrole nitrogens is 1. The van der Waals surface area contributed by atoms with Gasteiger partial charge in [-0.05, 0) is 43.4 Å². The SMILES string of the molecule is C[C@H]1CCCC[C@H]1Oc1ccc2[nH]ncc2c1. The molecule has 0 aliphatic heterocycles. The van der Waals surface area contributed by atoms with E-state index in [1.165, 1.54) is 25.7 Å². The third-order valence-corrected chi connectivity index (χ3v) is 3.73. The summed E-state index contributed by atoms with van der Waals surface area (Å²) in [5.74, 6) is 1.64. The van der Waals surface area contributed by atoms with E-state index < -0.39 is 0 Å². The van der Waals surface area contributed by atoms with Gasteiger partial charge in [-0.25, -0.2) is 0 Å². The van der Waals surface area contributed by atoms with Crippen LogP contribution in [0.1, 0.15) is 32.6 Å². The Balaban J connectivity index is 1.79. The molecule has 3 heteroatoms. The minimum atomic E-state index is 0.383. The molecule has 1 N–H and O–H groups in total. The lowest BCUT2D eigenvalue weighted by Crippen LogP contribution is -2.28. The van der Waals surface area contributed by atoms with Crippen LogP contribution in [-0.2, 0) is 0 Å². The van der Waals surface area contributed by atoms with Gasteiger partial charge in [-0.3, -0.25) is 5.10 Å². The molecule has 1 aromatic carbocycles. The maximum absolute atomic E-state index is 6.10. The van der Waals surface area contributed by atoms with Crippen LogP contribution in [0.15, 0.2) is 24.4 Å². The fraction of sp³-hybridized carbons (Fsp3) is 0.500. The van der Waals surface area contributed by atoms with Crippen LogP contribution in [0.4, 0.5) is 0 Å². The lowest BCUT2D eigenvalue weighted by molar-refractivity contribution is 0.103. The molecule has 0 spiro atoms. The Bertz CT molecular complexity index is 506. The second-order valence-corrected chi connectivity index (χ2v) is 5.04. The fourth-order valence-electron chi connectivity index (χ4n) is 2.63. The zero-order chi connectivity index (χ0) is 11.7. The molecular weight excluding hydrogens is 212 g/mol. The lowest BCUT2D eigenvalue weighted by Gasteiger charge is -2.29. The highest BCUT2D eigenvalue weighted by molar-refractivity contribution is 5.79. The van der Waals surface area contributed by atoms with Gasteiger partial charge in [0.2, 0.25) is 0 Å². The third-order valence-electron chi connectivity index (χ3n) is 3.73. The normalized spacial score (nSPS) is 25.0. The molecule has 1 aliphatic rings. The van der Waals surface area contributed by atoms with Crippen LogP contribution in [0.3, 0.4) is 0 Å². The van der Waals surface area contributed by atoms with Crippen molar-refractivity contribution in [3.8, 4) is 5.75 Å². The number of ether oxygens (including phenoxy) is 1. The monoisotopic (exact) mass is 230 g/mol. The van der Waals surface area contributed by atoms with Crippen molar-refractivity contribution in [3.63, 3.8) is 0 Å². The van der Waals surface area contributed by atoms with Crippen LogP contribution in [0, 0.1) is 5.92 Å². The quantitative estimate of drug-likeness (QED) is 0.857. The molecule has 2 aromatic rings. The Hall–Kier alpha value is -1.51. The highest BCUT2D eigenvalue weighted by atomic mass is 16.5. The molecule has 90 valence electrons. The van der Waals surface area contributed by atoms with Gasteiger partial charge in [0.05, 0.1) is 11.7 Å². The van der Waals surface area contributed by atoms with Crippen molar-refractivity contribution in [3.05, 3.63) is 24.4 Å². The molecule has 3 nitrogen and oxygen atoms in total. The Morgan fingerprint density at radius 1 is 1.29 bits per heavy atom. The summed E-state index contributed by atoms with van der Waals surface area (Å²) in [6.45, 7) is 2.29. The number of hydrogen-bond donors (Lipinski definition) is 1. The molecule has 1 fully saturated rings. The van der Waals surface area contributed by atoms with Crippen LogP contribution >= 0.6 is 0 Å². The minimum Gasteiger partial charge on any atom is -0.490 e. The van der Waals surface area contributed by atoms with Gasteiger partial charge in [0.1, 0.15) is 11.9 Å². The second kappa shape index (κ2) is 4.40. The van der Waals surface area contributed by atoms with Crippen LogP contribution < -0.4 is 4.74 Å². The van der Waals surface area contributed by atoms with Crippen molar-refractivity contribution < 1.29 is 4.74 Å². The first-order valence-corrected chi connectivity index (χ1v) is 6.43. The lowest BCUT2D eigenvalue weighted by atomic mass is 9.88. The molecule has 1 heterocycles. The van der Waals surface area contributed by atoms with Crippen molar-refractivity contribution in [1.82, 2.24) is 10.2 Å². The minimum absolute atomic E-state index is 0.383. The van der Waals surface area contributed by atoms with E-state index in [2.05, 4.69) is 23.2 Å². The van der Waals surface area contributed by atoms with Gasteiger partial charge in [-0.1, -0.05) is 13.3 Å². The van der Waals surface area contributed by atoms with E-state index in [-0.39, 0.29) is 0 Å². The van der Waals surface area contributed by atoms with Gasteiger partial charge in [0, 0.05) is 5.39 Å². The summed E-state index contributed by atoms with van der Waals surface area (Å²) in [6, 6.07) is 6.13. The molecule has 0 bridgehead atoms. The number of fused-ring (bicyclic) bond motifs is 1. The van der Waals surface area contributed by atoms with Crippen molar-refractivity contribution >= 4 is 10.9 Å². The van der Waals surface area contributed by atoms with E-state index >= 15 is 0 Å². The number of hydrogen-bond acceptors (Lipinski definition) is 2. The summed E-state index contributed by atoms with van der Waals surface area (Å²) >= 11 is 0. The van der Waals surface area contributed by atoms with Crippen LogP contribution in [0.25, 0.3) is 10.9 Å². The Kier molecular flexibility index (Phi) is 2.75. The summed E-state index contributed by atoms with van der Waals surface area (Å²) in [5.41, 5.74) is 1.06. The van der Waals surface area contributed by atoms with Crippen molar-refractivity contribution in [2.24, 2.45) is 5.92 Å². The molecule has 0 radical (unpaired) electrons. The average molecular weight is 230 g/mol. The highest BCUT2D eigenvalue weighted by Gasteiger charge is 2.22. The highest BCUT2D eigenvalue weighted by Crippen LogP contribution is 2.29. The fourth-order valence-corrected chi connectivity index (χ4v) is 2.63. The maximum Gasteiger partial charge on any atom is 0.120 e. The van der Waals surface area contributed by atoms with E-state index in [9.17, 15) is 0 Å². The number of aromatic nitrogens is 2. The number of benzene rings is 1. The standard InChI is InChI=1S/C14H18N2O/c1-10-4-2-3-5-14(10)17-12-6-7-13-11(8-12)9-15-16-13/h6-10,14H,2-5H2,1H3,(H,15,16)/t10-,14+/m0/s1. The van der Waals surface area contributed by atoms with Gasteiger partial charge < -0.3 is 4.74 Å². The van der Waals surface area contributed by atoms with E-state index in [1.807, 2.05) is 18.3 Å². The topological polar surface area (TPSA) is 37.9 Å². The number of nitrogens with zero attached hydrogens (tertiary/aromatic N) is 1. The number of rotatable bonds is 2. The molecule has 1 saturated carbocycles. The van der Waals surface area contributed by atoms with E-state index in [0.717, 1.165) is 16.7 Å². The molecular formula is C14H18N2O. The predicted octanol–water partition coefficient (Wildman–Crippen LogP) is 3.52. The van der Waals surface area contributed by atoms with Crippen molar-refractivity contribution in [1.29, 1.82) is 0 Å². The largest absolute Gasteiger partial charge is 0.490 e. The Morgan fingerprint density at radius 2 is 2.18 bits per heavy atom. The first kappa shape index (κ1) is 10.6. The van der Waals surface area contributed by atoms with Crippen molar-refractivity contribution in [2.45, 2.75) is 38.7 Å². The van der Waals surface area contributed by atoms with Gasteiger partial charge in [0.15, 0.2) is 0 Å². The number of aromatic amines is 1. The third kappa shape index (κ3) is 2.14. The Labute approximate surface area is 101 Å². The van der Waals surface area contributed by atoms with Crippen LogP contribution in [0.2, 0.25) is 0 Å². The summed E-state index contributed by atoms with van der Waals surface area (Å²) < 4.78 is 6.10. The summed E-state index contributed by atoms with van der Waals surface area (Å²) in [5, 5.41) is 8.09. The maximum atomic E-state index is 6.10. The molecule has 2 atom stereocenters. The predicted molar refractivity (Wildman–Crippen MR) is 68.1 cm³/mol. The second-order valence-electron chi connectivity index (χ2n) is 5.04. The van der Waals surface area contributed by atoms with Gasteiger partial charge in [-0.15, -0.1) is 0 Å². The molecule has 0 unspecified atom stereocenters. The Morgan fingerprint density at radius 3 is 3.06 bits per heavy atom. The summed E-state index contributed by atoms with van der Waals surface area (Å²) in [6.07, 6.45) is 7.34. The van der Waals surface area contributed by atoms with Crippen LogP contribution in [0.5, 0.6) is 5.75 Å². The first-order chi connectivity index (χ1) is 8.33. The smallest absolute Gasteiger partial charge is 0.120 e. The van der Waals surface area contributed by atoms with Gasteiger partial charge >= 0.3 is 0 Å². The molecule has 3 rings (SSSR count). The molecule has 0 saturated heterocycles. The van der Waals surface area contributed by atoms with Crippen LogP contribution in [-0.4, -0.2) is 16.3 Å². The summed E-state index contributed by atoms with van der Waals surface area (Å²) in [7, 11) is 0. The van der Waals surface area contributed by atoms with E-state index in [0.29, 0.717) is 12.0 Å². The van der Waals surface area contributed by atoms with E-state index in [4.69, 9.17) is 4.74 Å². The zero-order valence-corrected chi connectivity index (χ0v) is 10.1. The zero-order valence-electron chi connectivity index (χ0n) is 10.1. The average Bonchev–Trinajstić information content (AvgIpc) is 2.79. The molecule has 1 aliphatic carbocycles. The van der Waals surface area contributed by atoms with Crippen molar-refractivity contribution in [2.75, 3.05) is 0 Å². The van der Waals surface area contributed by atoms with Gasteiger partial charge in [0.25, 0.3) is 0 Å². The molecule has 0 amide bonds. The number of nitrogens with one attached hydrogen (secondary N) is 1. The van der Waals surface area contributed by atoms with Gasteiger partial charge in [-0.2, -0.15) is 5.10 Å². The van der Waals surface area contributed by atoms with E-state index in [1.54, 1.807) is 0 Å². The summed E-state index contributed by atoms with van der Waals surface area (Å²) in [4.78, 5) is 0.